The van der Waals surface area contributed by atoms with Crippen LogP contribution in [0.1, 0.15) is 42.4 Å². The van der Waals surface area contributed by atoms with Crippen molar-refractivity contribution in [3.8, 4) is 0 Å². The molecule has 4 rings (SSSR count). The van der Waals surface area contributed by atoms with Crippen LogP contribution in [-0.4, -0.2) is 91.5 Å². The van der Waals surface area contributed by atoms with Gasteiger partial charge in [-0.15, -0.1) is 0 Å². The molecule has 0 saturated carbocycles. The summed E-state index contributed by atoms with van der Waals surface area (Å²) < 4.78 is 5.47. The number of nitrogens with zero attached hydrogens (tertiary/aromatic N) is 7. The molecular weight excluding hydrogens is 442 g/mol. The molecule has 2 aliphatic rings. The first-order valence-electron chi connectivity index (χ1n) is 11.1. The third kappa shape index (κ3) is 5.16. The number of rotatable bonds is 4. The van der Waals surface area contributed by atoms with Crippen LogP contribution in [0.5, 0.6) is 0 Å². The van der Waals surface area contributed by atoms with E-state index in [1.54, 1.807) is 11.1 Å². The van der Waals surface area contributed by atoms with Gasteiger partial charge in [-0.2, -0.15) is 0 Å². The van der Waals surface area contributed by atoms with Crippen LogP contribution in [0, 0.1) is 0 Å². The predicted molar refractivity (Wildman–Crippen MR) is 122 cm³/mol. The smallest absolute Gasteiger partial charge is 0.410 e. The number of aromatic nitrogens is 4. The first-order chi connectivity index (χ1) is 16.1. The van der Waals surface area contributed by atoms with Crippen LogP contribution in [0.3, 0.4) is 0 Å². The Balaban J connectivity index is 1.43. The fourth-order valence-corrected chi connectivity index (χ4v) is 3.98. The molecular formula is C22H29N7O5. The van der Waals surface area contributed by atoms with Crippen molar-refractivity contribution in [2.75, 3.05) is 42.6 Å². The summed E-state index contributed by atoms with van der Waals surface area (Å²) >= 11 is 0. The second kappa shape index (κ2) is 9.37. The number of carbonyl (C=O) groups is 2. The lowest BCUT2D eigenvalue weighted by molar-refractivity contribution is 0.0222. The lowest BCUT2D eigenvalue weighted by Gasteiger charge is -2.40. The number of hydrogen-bond donors (Lipinski definition) is 2. The summed E-state index contributed by atoms with van der Waals surface area (Å²) in [6, 6.07) is -0.299. The van der Waals surface area contributed by atoms with E-state index in [-0.39, 0.29) is 24.3 Å². The number of carbonyl (C=O) groups excluding carboxylic acids is 1. The van der Waals surface area contributed by atoms with Gasteiger partial charge in [-0.05, 0) is 20.8 Å². The average molecular weight is 472 g/mol. The van der Waals surface area contributed by atoms with Crippen LogP contribution in [0.25, 0.3) is 0 Å². The fourth-order valence-electron chi connectivity index (χ4n) is 3.98. The van der Waals surface area contributed by atoms with Crippen LogP contribution in [0.4, 0.5) is 16.7 Å². The number of anilines is 2. The van der Waals surface area contributed by atoms with Crippen molar-refractivity contribution in [3.05, 3.63) is 35.4 Å². The molecule has 34 heavy (non-hydrogen) atoms. The van der Waals surface area contributed by atoms with E-state index in [0.717, 1.165) is 11.3 Å². The zero-order valence-electron chi connectivity index (χ0n) is 19.5. The van der Waals surface area contributed by atoms with Gasteiger partial charge >= 0.3 is 12.1 Å². The fraction of sp³-hybridized carbons (Fsp3) is 0.545. The number of aromatic carboxylic acids is 1. The number of hydrogen-bond acceptors (Lipinski definition) is 10. The summed E-state index contributed by atoms with van der Waals surface area (Å²) in [6.07, 6.45) is 4.54. The predicted octanol–water partition coefficient (Wildman–Crippen LogP) is 0.946. The van der Waals surface area contributed by atoms with E-state index in [2.05, 4.69) is 15.0 Å². The Kier molecular flexibility index (Phi) is 6.51. The van der Waals surface area contributed by atoms with Crippen LogP contribution in [-0.2, 0) is 17.7 Å². The van der Waals surface area contributed by atoms with Gasteiger partial charge in [-0.3, -0.25) is 0 Å². The SMILES string of the molecule is CC(C)(C)OC(=O)N1CCc2nc(N3CCN(c4ncc(C(=O)O)cn4)[C@H](CO)C3)ncc2C1. The van der Waals surface area contributed by atoms with E-state index >= 15 is 0 Å². The molecule has 12 nitrogen and oxygen atoms in total. The largest absolute Gasteiger partial charge is 0.478 e. The second-order valence-corrected chi connectivity index (χ2v) is 9.35. The molecule has 2 N–H and O–H groups in total. The van der Waals surface area contributed by atoms with Gasteiger partial charge in [0.1, 0.15) is 5.60 Å². The molecule has 4 heterocycles. The Morgan fingerprint density at radius 3 is 2.44 bits per heavy atom. The van der Waals surface area contributed by atoms with Crippen molar-refractivity contribution in [1.82, 2.24) is 24.8 Å². The van der Waals surface area contributed by atoms with Crippen LogP contribution in [0.15, 0.2) is 18.6 Å². The van der Waals surface area contributed by atoms with Crippen LogP contribution in [0.2, 0.25) is 0 Å². The number of amides is 1. The molecule has 2 aromatic heterocycles. The third-order valence-corrected chi connectivity index (χ3v) is 5.69. The highest BCUT2D eigenvalue weighted by molar-refractivity contribution is 5.86. The molecule has 2 aliphatic heterocycles. The molecule has 0 radical (unpaired) electrons. The Labute approximate surface area is 197 Å². The third-order valence-electron chi connectivity index (χ3n) is 5.69. The minimum atomic E-state index is -1.09. The summed E-state index contributed by atoms with van der Waals surface area (Å²) in [6.45, 7) is 7.89. The molecule has 0 bridgehead atoms. The molecule has 1 saturated heterocycles. The molecule has 182 valence electrons. The van der Waals surface area contributed by atoms with Gasteiger partial charge in [-0.1, -0.05) is 0 Å². The minimum Gasteiger partial charge on any atom is -0.478 e. The zero-order valence-corrected chi connectivity index (χ0v) is 19.5. The van der Waals surface area contributed by atoms with Gasteiger partial charge in [0.25, 0.3) is 0 Å². The normalized spacial score (nSPS) is 18.5. The molecule has 2 aromatic rings. The van der Waals surface area contributed by atoms with Crippen molar-refractivity contribution in [3.63, 3.8) is 0 Å². The molecule has 0 spiro atoms. The standard InChI is InChI=1S/C22H29N7O5/c1-22(2,3)34-21(33)28-5-4-17-15(11-28)10-25-20(26-17)27-6-7-29(16(12-27)13-30)19-23-8-14(9-24-19)18(31)32/h8-10,16,30H,4-7,11-13H2,1-3H3,(H,31,32)/t16-/m0/s1. The van der Waals surface area contributed by atoms with E-state index in [1.165, 1.54) is 12.4 Å². The highest BCUT2D eigenvalue weighted by Gasteiger charge is 2.31. The molecule has 0 aliphatic carbocycles. The quantitative estimate of drug-likeness (QED) is 0.657. The first kappa shape index (κ1) is 23.6. The number of piperazine rings is 1. The van der Waals surface area contributed by atoms with Crippen molar-refractivity contribution >= 4 is 24.0 Å². The highest BCUT2D eigenvalue weighted by atomic mass is 16.6. The second-order valence-electron chi connectivity index (χ2n) is 9.35. The van der Waals surface area contributed by atoms with Gasteiger partial charge < -0.3 is 29.6 Å². The van der Waals surface area contributed by atoms with Gasteiger partial charge in [0, 0.05) is 56.8 Å². The Hall–Kier alpha value is -3.54. The maximum absolute atomic E-state index is 12.4. The Morgan fingerprint density at radius 1 is 1.09 bits per heavy atom. The van der Waals surface area contributed by atoms with E-state index in [9.17, 15) is 14.7 Å². The van der Waals surface area contributed by atoms with E-state index in [0.29, 0.717) is 51.0 Å². The van der Waals surface area contributed by atoms with E-state index < -0.39 is 11.6 Å². The Morgan fingerprint density at radius 2 is 1.79 bits per heavy atom. The molecule has 1 amide bonds. The lowest BCUT2D eigenvalue weighted by Crippen LogP contribution is -2.56. The summed E-state index contributed by atoms with van der Waals surface area (Å²) in [7, 11) is 0. The number of carboxylic acids is 1. The summed E-state index contributed by atoms with van der Waals surface area (Å²) in [5, 5.41) is 19.0. The molecule has 1 atom stereocenters. The summed E-state index contributed by atoms with van der Waals surface area (Å²) in [5.74, 6) is -0.143. The molecule has 12 heteroatoms. The average Bonchev–Trinajstić information content (AvgIpc) is 2.82. The number of aliphatic hydroxyl groups excluding tert-OH is 1. The number of fused-ring (bicyclic) bond motifs is 1. The van der Waals surface area contributed by atoms with Gasteiger partial charge in [0.15, 0.2) is 0 Å². The maximum atomic E-state index is 12.4. The van der Waals surface area contributed by atoms with Crippen molar-refractivity contribution in [2.24, 2.45) is 0 Å². The van der Waals surface area contributed by atoms with Gasteiger partial charge in [0.2, 0.25) is 11.9 Å². The van der Waals surface area contributed by atoms with Gasteiger partial charge in [-0.25, -0.2) is 29.5 Å². The van der Waals surface area contributed by atoms with E-state index in [1.807, 2.05) is 30.6 Å². The summed E-state index contributed by atoms with van der Waals surface area (Å²) in [5.41, 5.74) is 1.26. The number of carboxylic acid groups (broad SMARTS) is 1. The maximum Gasteiger partial charge on any atom is 0.410 e. The first-order valence-corrected chi connectivity index (χ1v) is 11.1. The zero-order chi connectivity index (χ0) is 24.5. The summed E-state index contributed by atoms with van der Waals surface area (Å²) in [4.78, 5) is 46.5. The van der Waals surface area contributed by atoms with Crippen molar-refractivity contribution in [2.45, 2.75) is 45.4 Å². The number of ether oxygens (including phenoxy) is 1. The molecule has 0 aromatic carbocycles. The van der Waals surface area contributed by atoms with Crippen LogP contribution < -0.4 is 9.80 Å². The molecule has 1 fully saturated rings. The Bertz CT molecular complexity index is 1060. The van der Waals surface area contributed by atoms with Crippen molar-refractivity contribution in [1.29, 1.82) is 0 Å². The molecule has 0 unspecified atom stereocenters. The van der Waals surface area contributed by atoms with E-state index in [4.69, 9.17) is 14.8 Å². The minimum absolute atomic E-state index is 0.00984. The highest BCUT2D eigenvalue weighted by Crippen LogP contribution is 2.24. The topological polar surface area (TPSA) is 145 Å². The van der Waals surface area contributed by atoms with Crippen LogP contribution >= 0.6 is 0 Å². The van der Waals surface area contributed by atoms with Crippen molar-refractivity contribution < 1.29 is 24.5 Å². The van der Waals surface area contributed by atoms with Gasteiger partial charge in [0.05, 0.1) is 30.5 Å². The number of aliphatic hydroxyl groups is 1. The lowest BCUT2D eigenvalue weighted by atomic mass is 10.1. The monoisotopic (exact) mass is 471 g/mol.